The highest BCUT2D eigenvalue weighted by Gasteiger charge is 2.39. The highest BCUT2D eigenvalue weighted by Crippen LogP contribution is 2.43. The van der Waals surface area contributed by atoms with Crippen molar-refractivity contribution in [2.75, 3.05) is 5.32 Å². The maximum Gasteiger partial charge on any atom is 0.329 e. The zero-order chi connectivity index (χ0) is 19.1. The molecule has 2 aromatic rings. The summed E-state index contributed by atoms with van der Waals surface area (Å²) in [4.78, 5) is 40.4. The molecule has 2 aromatic heterocycles. The number of aromatic nitrogens is 2. The number of nitrogens with zero attached hydrogens (tertiary/aromatic N) is 1. The quantitative estimate of drug-likeness (QED) is 0.864. The number of nitrogens with one attached hydrogen (secondary N) is 2. The molecule has 3 heterocycles. The largest absolute Gasteiger partial charge is 0.465 e. The van der Waals surface area contributed by atoms with Crippen molar-refractivity contribution in [3.8, 4) is 0 Å². The van der Waals surface area contributed by atoms with Crippen LogP contribution in [-0.4, -0.2) is 15.3 Å². The van der Waals surface area contributed by atoms with Gasteiger partial charge in [0.2, 0.25) is 0 Å². The monoisotopic (exact) mass is 369 g/mol. The number of furan rings is 1. The number of aryl methyl sites for hydroxylation is 1. The topological polar surface area (TPSA) is 97.1 Å². The van der Waals surface area contributed by atoms with Crippen LogP contribution in [0, 0.1) is 6.92 Å². The number of hydrogen-bond acceptors (Lipinski definition) is 5. The molecule has 0 amide bonds. The zero-order valence-electron chi connectivity index (χ0n) is 15.6. The first-order chi connectivity index (χ1) is 13.0. The van der Waals surface area contributed by atoms with Crippen molar-refractivity contribution in [2.45, 2.75) is 58.4 Å². The van der Waals surface area contributed by atoms with Crippen LogP contribution in [0.3, 0.4) is 0 Å². The molecule has 0 fully saturated rings. The molecule has 7 nitrogen and oxygen atoms in total. The number of H-pyrrole nitrogens is 1. The molecule has 142 valence electrons. The summed E-state index contributed by atoms with van der Waals surface area (Å²) < 4.78 is 7.40. The third-order valence-corrected chi connectivity index (χ3v) is 5.32. The molecular weight excluding hydrogens is 346 g/mol. The average molecular weight is 369 g/mol. The van der Waals surface area contributed by atoms with Gasteiger partial charge in [0, 0.05) is 24.2 Å². The highest BCUT2D eigenvalue weighted by molar-refractivity contribution is 6.00. The molecule has 4 rings (SSSR count). The van der Waals surface area contributed by atoms with E-state index in [4.69, 9.17) is 4.42 Å². The Bertz CT molecular complexity index is 1050. The van der Waals surface area contributed by atoms with E-state index in [1.807, 2.05) is 26.0 Å². The number of fused-ring (bicyclic) bond motifs is 1. The Labute approximate surface area is 156 Å². The Hall–Kier alpha value is -2.83. The van der Waals surface area contributed by atoms with Crippen molar-refractivity contribution >= 4 is 11.6 Å². The Morgan fingerprint density at radius 3 is 2.74 bits per heavy atom. The molecule has 0 radical (unpaired) electrons. The van der Waals surface area contributed by atoms with E-state index in [0.717, 1.165) is 25.0 Å². The van der Waals surface area contributed by atoms with Crippen LogP contribution in [-0.2, 0) is 11.3 Å². The molecule has 0 aromatic carbocycles. The molecule has 0 unspecified atom stereocenters. The highest BCUT2D eigenvalue weighted by atomic mass is 16.3. The van der Waals surface area contributed by atoms with Crippen LogP contribution in [0.1, 0.15) is 62.0 Å². The standard InChI is InChI=1S/C20H23N3O4/c1-3-4-10-23-18-17(19(25)22-20(23)26)16(14-9-8-11(2)27-14)15-12(21-18)6-5-7-13(15)24/h8-9,16,21H,3-7,10H2,1-2H3,(H,22,25,26)/t16-/m0/s1. The minimum atomic E-state index is -0.588. The number of hydrogen-bond donors (Lipinski definition) is 2. The Balaban J connectivity index is 1.99. The number of rotatable bonds is 4. The first-order valence-electron chi connectivity index (χ1n) is 9.47. The molecule has 0 saturated heterocycles. The second kappa shape index (κ2) is 6.72. The van der Waals surface area contributed by atoms with Gasteiger partial charge in [-0.15, -0.1) is 0 Å². The van der Waals surface area contributed by atoms with E-state index < -0.39 is 17.2 Å². The maximum absolute atomic E-state index is 12.8. The zero-order valence-corrected chi connectivity index (χ0v) is 15.6. The van der Waals surface area contributed by atoms with E-state index in [1.165, 1.54) is 0 Å². The van der Waals surface area contributed by atoms with Gasteiger partial charge in [-0.3, -0.25) is 19.1 Å². The van der Waals surface area contributed by atoms with Crippen molar-refractivity contribution in [3.05, 3.63) is 61.3 Å². The molecule has 1 aliphatic carbocycles. The summed E-state index contributed by atoms with van der Waals surface area (Å²) in [5.41, 5.74) is 0.871. The smallest absolute Gasteiger partial charge is 0.329 e. The molecule has 0 saturated carbocycles. The first-order valence-corrected chi connectivity index (χ1v) is 9.47. The summed E-state index contributed by atoms with van der Waals surface area (Å²) in [6.07, 6.45) is 3.67. The van der Waals surface area contributed by atoms with Gasteiger partial charge in [-0.1, -0.05) is 13.3 Å². The van der Waals surface area contributed by atoms with Crippen LogP contribution < -0.4 is 16.6 Å². The number of carbonyl (C=O) groups is 1. The molecule has 2 N–H and O–H groups in total. The predicted octanol–water partition coefficient (Wildman–Crippen LogP) is 2.80. The van der Waals surface area contributed by atoms with Gasteiger partial charge in [0.1, 0.15) is 17.3 Å². The third-order valence-electron chi connectivity index (χ3n) is 5.32. The SMILES string of the molecule is CCCCn1c2c(c(=O)[nH]c1=O)[C@@H](c1ccc(C)o1)C1=C(CCCC1=O)N2. The Morgan fingerprint density at radius 1 is 1.22 bits per heavy atom. The van der Waals surface area contributed by atoms with Crippen LogP contribution >= 0.6 is 0 Å². The van der Waals surface area contributed by atoms with Crippen molar-refractivity contribution in [1.29, 1.82) is 0 Å². The van der Waals surface area contributed by atoms with Crippen molar-refractivity contribution in [1.82, 2.24) is 9.55 Å². The number of unbranched alkanes of at least 4 members (excludes halogenated alkanes) is 1. The Morgan fingerprint density at radius 2 is 2.04 bits per heavy atom. The lowest BCUT2D eigenvalue weighted by Crippen LogP contribution is -2.40. The summed E-state index contributed by atoms with van der Waals surface area (Å²) in [5, 5.41) is 3.26. The van der Waals surface area contributed by atoms with E-state index in [0.29, 0.717) is 47.9 Å². The molecule has 0 spiro atoms. The van der Waals surface area contributed by atoms with E-state index >= 15 is 0 Å². The fraction of sp³-hybridized carbons (Fsp3) is 0.450. The number of aromatic amines is 1. The van der Waals surface area contributed by atoms with Gasteiger partial charge in [0.05, 0.1) is 11.5 Å². The van der Waals surface area contributed by atoms with Gasteiger partial charge in [-0.25, -0.2) is 4.79 Å². The fourth-order valence-electron chi connectivity index (χ4n) is 4.03. The summed E-state index contributed by atoms with van der Waals surface area (Å²) in [6, 6.07) is 3.63. The van der Waals surface area contributed by atoms with Crippen LogP contribution in [0.25, 0.3) is 0 Å². The van der Waals surface area contributed by atoms with Crippen LogP contribution in [0.15, 0.2) is 37.4 Å². The molecule has 1 atom stereocenters. The predicted molar refractivity (Wildman–Crippen MR) is 101 cm³/mol. The number of anilines is 1. The van der Waals surface area contributed by atoms with Gasteiger partial charge in [0.15, 0.2) is 5.78 Å². The number of carbonyl (C=O) groups excluding carboxylic acids is 1. The van der Waals surface area contributed by atoms with Gasteiger partial charge >= 0.3 is 5.69 Å². The van der Waals surface area contributed by atoms with Gasteiger partial charge in [-0.05, 0) is 38.3 Å². The van der Waals surface area contributed by atoms with Crippen LogP contribution in [0.5, 0.6) is 0 Å². The minimum absolute atomic E-state index is 0.0270. The molecule has 1 aliphatic heterocycles. The van der Waals surface area contributed by atoms with Crippen LogP contribution in [0.2, 0.25) is 0 Å². The lowest BCUT2D eigenvalue weighted by Gasteiger charge is -2.33. The molecule has 0 bridgehead atoms. The average Bonchev–Trinajstić information content (AvgIpc) is 3.06. The van der Waals surface area contributed by atoms with Crippen LogP contribution in [0.4, 0.5) is 5.82 Å². The van der Waals surface area contributed by atoms with E-state index in [9.17, 15) is 14.4 Å². The molecular formula is C20H23N3O4. The van der Waals surface area contributed by atoms with Gasteiger partial charge < -0.3 is 9.73 Å². The van der Waals surface area contributed by atoms with E-state index in [1.54, 1.807) is 4.57 Å². The number of allylic oxidation sites excluding steroid dienone is 2. The second-order valence-corrected chi connectivity index (χ2v) is 7.20. The third kappa shape index (κ3) is 2.87. The second-order valence-electron chi connectivity index (χ2n) is 7.20. The molecule has 27 heavy (non-hydrogen) atoms. The normalized spacial score (nSPS) is 18.9. The van der Waals surface area contributed by atoms with E-state index in [2.05, 4.69) is 10.3 Å². The number of Topliss-reactive ketones (excluding diaryl/α,β-unsaturated/α-hetero) is 1. The maximum atomic E-state index is 12.8. The van der Waals surface area contributed by atoms with Gasteiger partial charge in [0.25, 0.3) is 5.56 Å². The number of ketones is 1. The minimum Gasteiger partial charge on any atom is -0.465 e. The summed E-state index contributed by atoms with van der Waals surface area (Å²) in [5.74, 6) is 1.20. The van der Waals surface area contributed by atoms with E-state index in [-0.39, 0.29) is 5.78 Å². The lowest BCUT2D eigenvalue weighted by atomic mass is 9.79. The van der Waals surface area contributed by atoms with Gasteiger partial charge in [-0.2, -0.15) is 0 Å². The summed E-state index contributed by atoms with van der Waals surface area (Å²) in [6.45, 7) is 4.38. The van der Waals surface area contributed by atoms with Crippen molar-refractivity contribution in [3.63, 3.8) is 0 Å². The molecule has 7 heteroatoms. The first kappa shape index (κ1) is 17.6. The summed E-state index contributed by atoms with van der Waals surface area (Å²) in [7, 11) is 0. The fourth-order valence-corrected chi connectivity index (χ4v) is 4.03. The Kier molecular flexibility index (Phi) is 4.37. The van der Waals surface area contributed by atoms with Crippen molar-refractivity contribution < 1.29 is 9.21 Å². The lowest BCUT2D eigenvalue weighted by molar-refractivity contribution is -0.116. The summed E-state index contributed by atoms with van der Waals surface area (Å²) >= 11 is 0. The van der Waals surface area contributed by atoms with Crippen molar-refractivity contribution in [2.24, 2.45) is 0 Å². The molecule has 2 aliphatic rings.